The van der Waals surface area contributed by atoms with Crippen LogP contribution in [0.1, 0.15) is 65.3 Å². The van der Waals surface area contributed by atoms with Crippen molar-refractivity contribution >= 4 is 22.6 Å². The third-order valence-corrected chi connectivity index (χ3v) is 7.35. The Labute approximate surface area is 211 Å². The van der Waals surface area contributed by atoms with Gasteiger partial charge in [-0.15, -0.1) is 0 Å². The van der Waals surface area contributed by atoms with E-state index in [2.05, 4.69) is 34.1 Å². The Kier molecular flexibility index (Phi) is 5.91. The topological polar surface area (TPSA) is 67.2 Å². The average molecular weight is 481 g/mol. The quantitative estimate of drug-likeness (QED) is 0.376. The van der Waals surface area contributed by atoms with Crippen LogP contribution in [0.5, 0.6) is 0 Å². The monoisotopic (exact) mass is 480 g/mol. The standard InChI is InChI=1S/C29H32N6O/c1-20-27-24(18-25(22-11-12-22)31-28(27)35(32-20)26-8-4-5-15-30-26)29(36)33(2)19-21-9-13-23(14-10-21)34-16-6-3-7-17-34/h4-5,8-10,13-15,18,22H,3,6-7,11-12,16-17,19H2,1-2H3. The van der Waals surface area contributed by atoms with Gasteiger partial charge in [-0.25, -0.2) is 9.97 Å². The molecule has 0 bridgehead atoms. The summed E-state index contributed by atoms with van der Waals surface area (Å²) in [4.78, 5) is 27.5. The first-order valence-corrected chi connectivity index (χ1v) is 13.0. The zero-order chi connectivity index (χ0) is 24.6. The Balaban J connectivity index is 1.30. The molecule has 1 saturated heterocycles. The van der Waals surface area contributed by atoms with Crippen molar-refractivity contribution in [2.75, 3.05) is 25.0 Å². The van der Waals surface area contributed by atoms with Crippen LogP contribution >= 0.6 is 0 Å². The van der Waals surface area contributed by atoms with Crippen LogP contribution in [0.25, 0.3) is 16.9 Å². The number of rotatable bonds is 6. The molecule has 7 heteroatoms. The van der Waals surface area contributed by atoms with Gasteiger partial charge in [0.2, 0.25) is 0 Å². The minimum absolute atomic E-state index is 0.00641. The number of carbonyl (C=O) groups excluding carboxylic acids is 1. The number of fused-ring (bicyclic) bond motifs is 1. The highest BCUT2D eigenvalue weighted by Crippen LogP contribution is 2.41. The third-order valence-electron chi connectivity index (χ3n) is 7.35. The van der Waals surface area contributed by atoms with E-state index >= 15 is 0 Å². The number of amides is 1. The fourth-order valence-electron chi connectivity index (χ4n) is 5.22. The molecular weight excluding hydrogens is 448 g/mol. The molecule has 0 spiro atoms. The highest BCUT2D eigenvalue weighted by molar-refractivity contribution is 6.06. The van der Waals surface area contributed by atoms with Crippen LogP contribution in [0.2, 0.25) is 0 Å². The summed E-state index contributed by atoms with van der Waals surface area (Å²) >= 11 is 0. The maximum atomic E-state index is 13.8. The number of pyridine rings is 2. The van der Waals surface area contributed by atoms with Crippen molar-refractivity contribution in [3.05, 3.63) is 77.2 Å². The molecular formula is C29H32N6O. The van der Waals surface area contributed by atoms with Crippen LogP contribution in [-0.2, 0) is 6.54 Å². The first-order valence-electron chi connectivity index (χ1n) is 13.0. The zero-order valence-corrected chi connectivity index (χ0v) is 21.0. The Morgan fingerprint density at radius 3 is 2.53 bits per heavy atom. The summed E-state index contributed by atoms with van der Waals surface area (Å²) in [6, 6.07) is 16.4. The molecule has 7 nitrogen and oxygen atoms in total. The summed E-state index contributed by atoms with van der Waals surface area (Å²) in [5, 5.41) is 5.55. The molecule has 36 heavy (non-hydrogen) atoms. The molecule has 0 atom stereocenters. The molecule has 3 aromatic heterocycles. The minimum Gasteiger partial charge on any atom is -0.372 e. The molecule has 6 rings (SSSR count). The summed E-state index contributed by atoms with van der Waals surface area (Å²) in [6.45, 7) is 4.75. The molecule has 4 heterocycles. The number of piperidine rings is 1. The van der Waals surface area contributed by atoms with Gasteiger partial charge in [-0.3, -0.25) is 4.79 Å². The van der Waals surface area contributed by atoms with Crippen molar-refractivity contribution in [3.63, 3.8) is 0 Å². The fraction of sp³-hybridized carbons (Fsp3) is 0.379. The third kappa shape index (κ3) is 4.34. The van der Waals surface area contributed by atoms with Crippen LogP contribution < -0.4 is 4.90 Å². The first kappa shape index (κ1) is 22.7. The Hall–Kier alpha value is -3.74. The van der Waals surface area contributed by atoms with E-state index in [-0.39, 0.29) is 5.91 Å². The second kappa shape index (κ2) is 9.37. The van der Waals surface area contributed by atoms with Crippen molar-refractivity contribution in [1.82, 2.24) is 24.6 Å². The molecule has 2 fully saturated rings. The Morgan fingerprint density at radius 2 is 1.83 bits per heavy atom. The Morgan fingerprint density at radius 1 is 1.06 bits per heavy atom. The predicted octanol–water partition coefficient (Wildman–Crippen LogP) is 5.26. The molecule has 184 valence electrons. The van der Waals surface area contributed by atoms with Crippen LogP contribution in [0.15, 0.2) is 54.7 Å². The normalized spacial score (nSPS) is 15.9. The smallest absolute Gasteiger partial charge is 0.254 e. The molecule has 1 aliphatic carbocycles. The summed E-state index contributed by atoms with van der Waals surface area (Å²) in [5.41, 5.74) is 5.54. The lowest BCUT2D eigenvalue weighted by Gasteiger charge is -2.29. The molecule has 0 unspecified atom stereocenters. The van der Waals surface area contributed by atoms with E-state index in [1.165, 1.54) is 24.9 Å². The summed E-state index contributed by atoms with van der Waals surface area (Å²) < 4.78 is 1.77. The maximum absolute atomic E-state index is 13.8. The lowest BCUT2D eigenvalue weighted by Crippen LogP contribution is -2.29. The number of hydrogen-bond donors (Lipinski definition) is 0. The van der Waals surface area contributed by atoms with Gasteiger partial charge >= 0.3 is 0 Å². The van der Waals surface area contributed by atoms with Crippen LogP contribution in [0, 0.1) is 6.92 Å². The van der Waals surface area contributed by atoms with Gasteiger partial charge in [0.15, 0.2) is 11.5 Å². The number of nitrogens with zero attached hydrogens (tertiary/aromatic N) is 6. The maximum Gasteiger partial charge on any atom is 0.254 e. The molecule has 2 aliphatic rings. The van der Waals surface area contributed by atoms with Crippen molar-refractivity contribution < 1.29 is 4.79 Å². The highest BCUT2D eigenvalue weighted by atomic mass is 16.2. The van der Waals surface area contributed by atoms with E-state index < -0.39 is 0 Å². The predicted molar refractivity (Wildman–Crippen MR) is 142 cm³/mol. The first-order chi connectivity index (χ1) is 17.6. The number of benzene rings is 1. The molecule has 1 saturated carbocycles. The second-order valence-corrected chi connectivity index (χ2v) is 10.1. The SMILES string of the molecule is Cc1nn(-c2ccccn2)c2nc(C3CC3)cc(C(=O)N(C)Cc3ccc(N4CCCCC4)cc3)c12. The van der Waals surface area contributed by atoms with Crippen molar-refractivity contribution in [3.8, 4) is 5.82 Å². The fourth-order valence-corrected chi connectivity index (χ4v) is 5.22. The van der Waals surface area contributed by atoms with E-state index in [0.29, 0.717) is 29.5 Å². The van der Waals surface area contributed by atoms with Crippen molar-refractivity contribution in [2.45, 2.75) is 51.5 Å². The van der Waals surface area contributed by atoms with Gasteiger partial charge in [0.1, 0.15) is 0 Å². The van der Waals surface area contributed by atoms with Gasteiger partial charge in [0.25, 0.3) is 5.91 Å². The largest absolute Gasteiger partial charge is 0.372 e. The van der Waals surface area contributed by atoms with Gasteiger partial charge in [-0.1, -0.05) is 18.2 Å². The lowest BCUT2D eigenvalue weighted by atomic mass is 10.1. The molecule has 1 aromatic carbocycles. The van der Waals surface area contributed by atoms with E-state index in [1.807, 2.05) is 38.2 Å². The summed E-state index contributed by atoms with van der Waals surface area (Å²) in [5.74, 6) is 1.12. The zero-order valence-electron chi connectivity index (χ0n) is 21.0. The van der Waals surface area contributed by atoms with Crippen LogP contribution in [0.4, 0.5) is 5.69 Å². The van der Waals surface area contributed by atoms with E-state index in [9.17, 15) is 4.79 Å². The van der Waals surface area contributed by atoms with Gasteiger partial charge in [0, 0.05) is 50.2 Å². The number of hydrogen-bond acceptors (Lipinski definition) is 5. The number of aryl methyl sites for hydroxylation is 1. The molecule has 1 aliphatic heterocycles. The second-order valence-electron chi connectivity index (χ2n) is 10.1. The molecule has 0 N–H and O–H groups in total. The van der Waals surface area contributed by atoms with Crippen LogP contribution in [0.3, 0.4) is 0 Å². The van der Waals surface area contributed by atoms with Gasteiger partial charge in [-0.05, 0) is 74.9 Å². The average Bonchev–Trinajstić information content (AvgIpc) is 3.72. The molecule has 0 radical (unpaired) electrons. The van der Waals surface area contributed by atoms with E-state index in [1.54, 1.807) is 15.8 Å². The lowest BCUT2D eigenvalue weighted by molar-refractivity contribution is 0.0787. The Bertz CT molecular complexity index is 1390. The minimum atomic E-state index is -0.00641. The molecule has 4 aromatic rings. The van der Waals surface area contributed by atoms with Crippen molar-refractivity contribution in [2.24, 2.45) is 0 Å². The van der Waals surface area contributed by atoms with Gasteiger partial charge < -0.3 is 9.80 Å². The summed E-state index contributed by atoms with van der Waals surface area (Å²) in [7, 11) is 1.88. The van der Waals surface area contributed by atoms with E-state index in [4.69, 9.17) is 10.1 Å². The molecule has 1 amide bonds. The number of anilines is 1. The van der Waals surface area contributed by atoms with Crippen molar-refractivity contribution in [1.29, 1.82) is 0 Å². The van der Waals surface area contributed by atoms with Crippen LogP contribution in [-0.4, -0.2) is 50.7 Å². The highest BCUT2D eigenvalue weighted by Gasteiger charge is 2.30. The number of carbonyl (C=O) groups is 1. The number of aromatic nitrogens is 4. The van der Waals surface area contributed by atoms with Gasteiger partial charge in [-0.2, -0.15) is 9.78 Å². The van der Waals surface area contributed by atoms with Gasteiger partial charge in [0.05, 0.1) is 16.6 Å². The van der Waals surface area contributed by atoms with E-state index in [0.717, 1.165) is 48.3 Å². The summed E-state index contributed by atoms with van der Waals surface area (Å²) in [6.07, 6.45) is 7.83.